The van der Waals surface area contributed by atoms with Crippen LogP contribution in [0.1, 0.15) is 12.8 Å². The van der Waals surface area contributed by atoms with Crippen molar-refractivity contribution in [1.82, 2.24) is 0 Å². The molecule has 1 N–H and O–H groups in total. The summed E-state index contributed by atoms with van der Waals surface area (Å²) in [5.41, 5.74) is 1.06. The zero-order valence-electron chi connectivity index (χ0n) is 5.84. The van der Waals surface area contributed by atoms with Crippen LogP contribution in [0.4, 0.5) is 0 Å². The molecule has 0 bridgehead atoms. The fourth-order valence-corrected chi connectivity index (χ4v) is 3.32. The van der Waals surface area contributed by atoms with Crippen molar-refractivity contribution in [1.29, 1.82) is 0 Å². The van der Waals surface area contributed by atoms with E-state index in [2.05, 4.69) is 0 Å². The van der Waals surface area contributed by atoms with E-state index in [0.717, 1.165) is 12.1 Å². The Bertz CT molecular complexity index is 89.0. The van der Waals surface area contributed by atoms with Crippen LogP contribution in [0.25, 0.3) is 0 Å². The molecule has 0 saturated carbocycles. The average Bonchev–Trinajstić information content (AvgIpc) is 1.89. The largest absolute Gasteiger partial charge is 0.436 e. The first kappa shape index (κ1) is 7.46. The highest BCUT2D eigenvalue weighted by Gasteiger charge is 2.20. The van der Waals surface area contributed by atoms with Gasteiger partial charge < -0.3 is 9.53 Å². The fraction of sp³-hybridized carbons (Fsp3) is 1.00. The molecule has 1 fully saturated rings. The second-order valence-corrected chi connectivity index (χ2v) is 5.36. The first-order valence-electron chi connectivity index (χ1n) is 3.57. The van der Waals surface area contributed by atoms with Gasteiger partial charge >= 0.3 is 0 Å². The smallest absolute Gasteiger partial charge is 0.185 e. The second-order valence-electron chi connectivity index (χ2n) is 2.71. The van der Waals surface area contributed by atoms with Crippen molar-refractivity contribution in [2.45, 2.75) is 24.1 Å². The van der Waals surface area contributed by atoms with Crippen molar-refractivity contribution in [2.75, 3.05) is 6.61 Å². The number of hydrogen-bond acceptors (Lipinski definition) is 2. The molecular weight excluding hydrogens is 148 g/mol. The summed E-state index contributed by atoms with van der Waals surface area (Å²) in [7, 11) is 0.327. The van der Waals surface area contributed by atoms with Gasteiger partial charge in [0.15, 0.2) is 9.76 Å². The van der Waals surface area contributed by atoms with Crippen LogP contribution in [-0.2, 0) is 4.74 Å². The van der Waals surface area contributed by atoms with Crippen molar-refractivity contribution < 1.29 is 9.53 Å². The van der Waals surface area contributed by atoms with Gasteiger partial charge in [-0.05, 0) is 18.4 Å². The summed E-state index contributed by atoms with van der Waals surface area (Å²) in [4.78, 5) is 8.90. The molecule has 0 aromatic heterocycles. The molecular formula is C5H14O2Si2. The molecule has 0 aliphatic carbocycles. The summed E-state index contributed by atoms with van der Waals surface area (Å²) < 4.78 is 5.39. The van der Waals surface area contributed by atoms with Gasteiger partial charge in [0.2, 0.25) is 0 Å². The topological polar surface area (TPSA) is 29.5 Å². The van der Waals surface area contributed by atoms with E-state index in [1.165, 1.54) is 23.1 Å². The van der Waals surface area contributed by atoms with Gasteiger partial charge in [-0.3, -0.25) is 0 Å². The third-order valence-electron chi connectivity index (χ3n) is 1.95. The van der Waals surface area contributed by atoms with E-state index < -0.39 is 9.76 Å². The highest BCUT2D eigenvalue weighted by atomic mass is 28.2. The number of hydrogen-bond donors (Lipinski definition) is 1. The SMILES string of the molecule is O[SiH2]C1OCCCC1[SiH3]. The zero-order valence-corrected chi connectivity index (χ0v) is 9.25. The molecule has 2 nitrogen and oxygen atoms in total. The van der Waals surface area contributed by atoms with E-state index in [4.69, 9.17) is 9.53 Å². The first-order valence-corrected chi connectivity index (χ1v) is 6.17. The Morgan fingerprint density at radius 2 is 2.44 bits per heavy atom. The Kier molecular flexibility index (Phi) is 2.91. The molecule has 2 atom stereocenters. The van der Waals surface area contributed by atoms with Gasteiger partial charge in [-0.1, -0.05) is 0 Å². The van der Waals surface area contributed by atoms with Gasteiger partial charge in [-0.15, -0.1) is 0 Å². The predicted octanol–water partition coefficient (Wildman–Crippen LogP) is -1.65. The van der Waals surface area contributed by atoms with E-state index in [0.29, 0.717) is 5.73 Å². The lowest BCUT2D eigenvalue weighted by Gasteiger charge is -2.26. The minimum Gasteiger partial charge on any atom is -0.436 e. The molecule has 0 amide bonds. The quantitative estimate of drug-likeness (QED) is 0.468. The maximum Gasteiger partial charge on any atom is 0.185 e. The molecule has 1 rings (SSSR count). The zero-order chi connectivity index (χ0) is 6.69. The molecule has 1 aliphatic rings. The summed E-state index contributed by atoms with van der Waals surface area (Å²) in [6.45, 7) is 0.886. The van der Waals surface area contributed by atoms with E-state index in [9.17, 15) is 0 Å². The molecule has 0 aromatic carbocycles. The fourth-order valence-electron chi connectivity index (χ4n) is 1.22. The number of ether oxygens (including phenoxy) is 1. The predicted molar refractivity (Wildman–Crippen MR) is 43.4 cm³/mol. The molecule has 1 heterocycles. The van der Waals surface area contributed by atoms with E-state index in [1.54, 1.807) is 0 Å². The number of rotatable bonds is 1. The van der Waals surface area contributed by atoms with Gasteiger partial charge in [0.25, 0.3) is 0 Å². The van der Waals surface area contributed by atoms with Crippen molar-refractivity contribution in [3.8, 4) is 0 Å². The van der Waals surface area contributed by atoms with Crippen LogP contribution in [0.2, 0.25) is 5.54 Å². The summed E-state index contributed by atoms with van der Waals surface area (Å²) in [5.74, 6) is 0. The van der Waals surface area contributed by atoms with Crippen molar-refractivity contribution in [2.24, 2.45) is 0 Å². The molecule has 4 heteroatoms. The Morgan fingerprint density at radius 1 is 1.67 bits per heavy atom. The average molecular weight is 162 g/mol. The van der Waals surface area contributed by atoms with E-state index in [-0.39, 0.29) is 0 Å². The molecule has 54 valence electrons. The second kappa shape index (κ2) is 3.50. The minimum absolute atomic E-state index is 0.311. The molecule has 1 saturated heterocycles. The van der Waals surface area contributed by atoms with E-state index >= 15 is 0 Å². The van der Waals surface area contributed by atoms with Crippen LogP contribution in [0.3, 0.4) is 0 Å². The lowest BCUT2D eigenvalue weighted by atomic mass is 10.2. The summed E-state index contributed by atoms with van der Waals surface area (Å²) in [6.07, 6.45) is 2.50. The van der Waals surface area contributed by atoms with Crippen molar-refractivity contribution >= 4 is 20.0 Å². The summed E-state index contributed by atoms with van der Waals surface area (Å²) in [5, 5.41) is 0. The molecule has 1 aliphatic heterocycles. The van der Waals surface area contributed by atoms with Gasteiger partial charge in [0.05, 0.1) is 5.73 Å². The summed E-state index contributed by atoms with van der Waals surface area (Å²) in [6, 6.07) is 0. The van der Waals surface area contributed by atoms with Crippen molar-refractivity contribution in [3.05, 3.63) is 0 Å². The Balaban J connectivity index is 2.30. The molecule has 0 aromatic rings. The van der Waals surface area contributed by atoms with Crippen LogP contribution < -0.4 is 0 Å². The highest BCUT2D eigenvalue weighted by Crippen LogP contribution is 2.21. The minimum atomic E-state index is -0.867. The first-order chi connectivity index (χ1) is 4.34. The van der Waals surface area contributed by atoms with Crippen LogP contribution in [-0.4, -0.2) is 37.1 Å². The third kappa shape index (κ3) is 1.89. The van der Waals surface area contributed by atoms with Crippen LogP contribution in [0.5, 0.6) is 0 Å². The Morgan fingerprint density at radius 3 is 2.89 bits per heavy atom. The molecule has 0 radical (unpaired) electrons. The Hall–Kier alpha value is 0.354. The van der Waals surface area contributed by atoms with Crippen molar-refractivity contribution in [3.63, 3.8) is 0 Å². The van der Waals surface area contributed by atoms with Gasteiger partial charge in [-0.25, -0.2) is 0 Å². The molecule has 0 spiro atoms. The normalized spacial score (nSPS) is 38.3. The van der Waals surface area contributed by atoms with Gasteiger partial charge in [0.1, 0.15) is 0 Å². The molecule has 2 unspecified atom stereocenters. The van der Waals surface area contributed by atoms with Gasteiger partial charge in [-0.2, -0.15) is 0 Å². The third-order valence-corrected chi connectivity index (χ3v) is 5.61. The molecule has 9 heavy (non-hydrogen) atoms. The van der Waals surface area contributed by atoms with E-state index in [1.807, 2.05) is 0 Å². The Labute approximate surface area is 61.0 Å². The van der Waals surface area contributed by atoms with Crippen LogP contribution >= 0.6 is 0 Å². The van der Waals surface area contributed by atoms with Gasteiger partial charge in [0, 0.05) is 16.8 Å². The lowest BCUT2D eigenvalue weighted by Crippen LogP contribution is -2.31. The maximum atomic E-state index is 8.90. The standard InChI is InChI=1S/C5H14O2Si2/c6-9-5-4(8)2-1-3-7-5/h4-6H,1-3,9H2,8H3. The maximum absolute atomic E-state index is 8.90. The monoisotopic (exact) mass is 162 g/mol. The highest BCUT2D eigenvalue weighted by molar-refractivity contribution is 6.31. The van der Waals surface area contributed by atoms with Crippen LogP contribution in [0.15, 0.2) is 0 Å². The summed E-state index contributed by atoms with van der Waals surface area (Å²) >= 11 is 0. The van der Waals surface area contributed by atoms with Crippen LogP contribution in [0, 0.1) is 0 Å². The lowest BCUT2D eigenvalue weighted by molar-refractivity contribution is 0.0599.